The molecule has 10 nitrogen and oxygen atoms in total. The van der Waals surface area contributed by atoms with Crippen LogP contribution in [0.15, 0.2) is 60.7 Å². The number of ether oxygens (including phenoxy) is 1. The molecule has 0 atom stereocenters. The van der Waals surface area contributed by atoms with Gasteiger partial charge in [-0.15, -0.1) is 5.10 Å². The van der Waals surface area contributed by atoms with Crippen LogP contribution in [0.4, 0.5) is 26.4 Å². The predicted molar refractivity (Wildman–Crippen MR) is 143 cm³/mol. The third kappa shape index (κ3) is 5.78. The number of pyridine rings is 1. The van der Waals surface area contributed by atoms with Crippen LogP contribution in [0.2, 0.25) is 0 Å². The van der Waals surface area contributed by atoms with E-state index in [2.05, 4.69) is 43.1 Å². The van der Waals surface area contributed by atoms with Gasteiger partial charge in [0.1, 0.15) is 11.6 Å². The highest BCUT2D eigenvalue weighted by atomic mass is 19.1. The first-order valence-corrected chi connectivity index (χ1v) is 12.6. The SMILES string of the molecule is CCCN(c1cc(NC(=O)Nc2ccccc2F)cc(-c2ccccc2-c2nnn[nH]2)n1)C1CCOCC1. The first-order chi connectivity index (χ1) is 18.6. The minimum absolute atomic E-state index is 0.0949. The molecular weight excluding hydrogens is 487 g/mol. The average Bonchev–Trinajstić information content (AvgIpc) is 3.48. The number of H-pyrrole nitrogens is 1. The molecule has 1 saturated heterocycles. The molecule has 4 aromatic rings. The molecule has 2 amide bonds. The van der Waals surface area contributed by atoms with Crippen molar-refractivity contribution in [3.63, 3.8) is 0 Å². The van der Waals surface area contributed by atoms with Crippen molar-refractivity contribution in [3.8, 4) is 22.6 Å². The summed E-state index contributed by atoms with van der Waals surface area (Å²) < 4.78 is 19.7. The second-order valence-corrected chi connectivity index (χ2v) is 8.99. The lowest BCUT2D eigenvalue weighted by molar-refractivity contribution is 0.0843. The average molecular weight is 517 g/mol. The maximum atomic E-state index is 14.1. The Morgan fingerprint density at radius 3 is 2.58 bits per heavy atom. The zero-order valence-electron chi connectivity index (χ0n) is 21.0. The number of amides is 2. The van der Waals surface area contributed by atoms with Crippen molar-refractivity contribution in [1.29, 1.82) is 0 Å². The van der Waals surface area contributed by atoms with E-state index in [0.29, 0.717) is 30.4 Å². The Balaban J connectivity index is 1.54. The van der Waals surface area contributed by atoms with Crippen LogP contribution in [0.1, 0.15) is 26.2 Å². The van der Waals surface area contributed by atoms with Gasteiger partial charge in [0.15, 0.2) is 5.82 Å². The van der Waals surface area contributed by atoms with Crippen molar-refractivity contribution in [1.82, 2.24) is 25.6 Å². The van der Waals surface area contributed by atoms with E-state index < -0.39 is 11.8 Å². The first-order valence-electron chi connectivity index (χ1n) is 12.6. The second kappa shape index (κ2) is 11.8. The number of rotatable bonds is 8. The molecule has 1 aliphatic rings. The fourth-order valence-corrected chi connectivity index (χ4v) is 4.63. The molecular formula is C27H29FN8O2. The largest absolute Gasteiger partial charge is 0.381 e. The minimum atomic E-state index is -0.556. The van der Waals surface area contributed by atoms with Crippen LogP contribution >= 0.6 is 0 Å². The van der Waals surface area contributed by atoms with Gasteiger partial charge in [0.2, 0.25) is 0 Å². The van der Waals surface area contributed by atoms with Gasteiger partial charge in [-0.05, 0) is 47.9 Å². The van der Waals surface area contributed by atoms with Crippen molar-refractivity contribution in [2.24, 2.45) is 0 Å². The number of carbonyl (C=O) groups is 1. The van der Waals surface area contributed by atoms with Gasteiger partial charge in [-0.1, -0.05) is 43.3 Å². The lowest BCUT2D eigenvalue weighted by Crippen LogP contribution is -2.40. The summed E-state index contributed by atoms with van der Waals surface area (Å²) >= 11 is 0. The Morgan fingerprint density at radius 1 is 1.08 bits per heavy atom. The zero-order valence-corrected chi connectivity index (χ0v) is 21.0. The number of hydrogen-bond acceptors (Lipinski definition) is 7. The van der Waals surface area contributed by atoms with Gasteiger partial charge >= 0.3 is 6.03 Å². The highest BCUT2D eigenvalue weighted by molar-refractivity contribution is 6.00. The maximum absolute atomic E-state index is 14.1. The van der Waals surface area contributed by atoms with E-state index in [0.717, 1.165) is 42.8 Å². The molecule has 0 bridgehead atoms. The number of anilines is 3. The molecule has 2 aromatic heterocycles. The second-order valence-electron chi connectivity index (χ2n) is 8.99. The Hall–Kier alpha value is -4.38. The standard InChI is InChI=1S/C27H29FN8O2/c1-2-13-36(19-11-14-38-15-12-19)25-17-18(29-27(37)31-23-10-6-5-9-22(23)28)16-24(30-25)20-7-3-4-8-21(20)26-32-34-35-33-26/h3-10,16-17,19H,2,11-15H2,1H3,(H2,29,30,31,37)(H,32,33,34,35). The molecule has 3 N–H and O–H groups in total. The van der Waals surface area contributed by atoms with Crippen molar-refractivity contribution < 1.29 is 13.9 Å². The number of carbonyl (C=O) groups excluding carboxylic acids is 1. The van der Waals surface area contributed by atoms with Crippen LogP contribution < -0.4 is 15.5 Å². The fourth-order valence-electron chi connectivity index (χ4n) is 4.63. The summed E-state index contributed by atoms with van der Waals surface area (Å²) in [5, 5.41) is 19.8. The molecule has 1 fully saturated rings. The highest BCUT2D eigenvalue weighted by Crippen LogP contribution is 2.33. The summed E-state index contributed by atoms with van der Waals surface area (Å²) in [5.41, 5.74) is 2.84. The van der Waals surface area contributed by atoms with Gasteiger partial charge in [0.05, 0.1) is 11.4 Å². The number of halogens is 1. The number of aromatic amines is 1. The molecule has 2 aromatic carbocycles. The number of nitrogens with one attached hydrogen (secondary N) is 3. The molecule has 38 heavy (non-hydrogen) atoms. The molecule has 3 heterocycles. The number of urea groups is 1. The lowest BCUT2D eigenvalue weighted by atomic mass is 10.0. The van der Waals surface area contributed by atoms with Gasteiger partial charge in [0, 0.05) is 48.7 Å². The van der Waals surface area contributed by atoms with Crippen molar-refractivity contribution in [2.45, 2.75) is 32.2 Å². The van der Waals surface area contributed by atoms with Crippen LogP contribution in [0, 0.1) is 5.82 Å². The number of hydrogen-bond donors (Lipinski definition) is 3. The zero-order chi connectivity index (χ0) is 26.3. The van der Waals surface area contributed by atoms with Crippen LogP contribution in [-0.4, -0.2) is 57.4 Å². The summed E-state index contributed by atoms with van der Waals surface area (Å²) in [7, 11) is 0. The van der Waals surface area contributed by atoms with E-state index in [-0.39, 0.29) is 11.7 Å². The van der Waals surface area contributed by atoms with Gasteiger partial charge in [-0.3, -0.25) is 0 Å². The summed E-state index contributed by atoms with van der Waals surface area (Å²) in [6.07, 6.45) is 2.71. The van der Waals surface area contributed by atoms with Gasteiger partial charge in [0.25, 0.3) is 0 Å². The van der Waals surface area contributed by atoms with Gasteiger partial charge < -0.3 is 20.3 Å². The number of benzene rings is 2. The van der Waals surface area contributed by atoms with E-state index in [1.165, 1.54) is 12.1 Å². The molecule has 0 spiro atoms. The van der Waals surface area contributed by atoms with Gasteiger partial charge in [-0.2, -0.15) is 0 Å². The summed E-state index contributed by atoms with van der Waals surface area (Å²) in [6, 6.07) is 17.0. The first kappa shape index (κ1) is 25.3. The number of para-hydroxylation sites is 1. The molecule has 11 heteroatoms. The van der Waals surface area contributed by atoms with E-state index in [9.17, 15) is 9.18 Å². The molecule has 5 rings (SSSR count). The summed E-state index contributed by atoms with van der Waals surface area (Å²) in [4.78, 5) is 20.2. The number of tetrazole rings is 1. The Kier molecular flexibility index (Phi) is 7.84. The van der Waals surface area contributed by atoms with E-state index in [1.807, 2.05) is 30.3 Å². The van der Waals surface area contributed by atoms with Crippen molar-refractivity contribution in [3.05, 3.63) is 66.5 Å². The van der Waals surface area contributed by atoms with Crippen LogP contribution in [0.3, 0.4) is 0 Å². The normalized spacial score (nSPS) is 13.7. The maximum Gasteiger partial charge on any atom is 0.323 e. The molecule has 196 valence electrons. The van der Waals surface area contributed by atoms with Crippen molar-refractivity contribution in [2.75, 3.05) is 35.3 Å². The molecule has 1 aliphatic heterocycles. The Bertz CT molecular complexity index is 1380. The van der Waals surface area contributed by atoms with E-state index in [4.69, 9.17) is 9.72 Å². The van der Waals surface area contributed by atoms with Crippen LogP contribution in [0.5, 0.6) is 0 Å². The number of aromatic nitrogens is 5. The lowest BCUT2D eigenvalue weighted by Gasteiger charge is -2.35. The quantitative estimate of drug-likeness (QED) is 0.298. The number of nitrogens with zero attached hydrogens (tertiary/aromatic N) is 5. The molecule has 0 aliphatic carbocycles. The van der Waals surface area contributed by atoms with E-state index >= 15 is 0 Å². The van der Waals surface area contributed by atoms with Crippen molar-refractivity contribution >= 4 is 23.2 Å². The van der Waals surface area contributed by atoms with E-state index in [1.54, 1.807) is 18.2 Å². The van der Waals surface area contributed by atoms with Crippen LogP contribution in [-0.2, 0) is 4.74 Å². The topological polar surface area (TPSA) is 121 Å². The van der Waals surface area contributed by atoms with Gasteiger partial charge in [-0.25, -0.2) is 19.3 Å². The Morgan fingerprint density at radius 2 is 1.84 bits per heavy atom. The smallest absolute Gasteiger partial charge is 0.323 e. The predicted octanol–water partition coefficient (Wildman–Crippen LogP) is 5.11. The molecule has 0 unspecified atom stereocenters. The third-order valence-electron chi connectivity index (χ3n) is 6.39. The molecule has 0 saturated carbocycles. The minimum Gasteiger partial charge on any atom is -0.381 e. The summed E-state index contributed by atoms with van der Waals surface area (Å²) in [5.74, 6) is 0.736. The highest BCUT2D eigenvalue weighted by Gasteiger charge is 2.24. The molecule has 0 radical (unpaired) electrons. The van der Waals surface area contributed by atoms with Crippen LogP contribution in [0.25, 0.3) is 22.6 Å². The monoisotopic (exact) mass is 516 g/mol. The Labute approximate surface area is 219 Å². The third-order valence-corrected chi connectivity index (χ3v) is 6.39. The fraction of sp³-hybridized carbons (Fsp3) is 0.296. The summed E-state index contributed by atoms with van der Waals surface area (Å²) in [6.45, 7) is 4.32.